The lowest BCUT2D eigenvalue weighted by Gasteiger charge is -2.11. The van der Waals surface area contributed by atoms with E-state index in [1.165, 1.54) is 22.2 Å². The molecule has 0 spiro atoms. The number of para-hydroxylation sites is 1. The van der Waals surface area contributed by atoms with Gasteiger partial charge in [0.25, 0.3) is 0 Å². The highest BCUT2D eigenvalue weighted by molar-refractivity contribution is 7.09. The van der Waals surface area contributed by atoms with Crippen molar-refractivity contribution in [3.05, 3.63) is 51.6 Å². The van der Waals surface area contributed by atoms with Crippen LogP contribution >= 0.6 is 11.3 Å². The van der Waals surface area contributed by atoms with Gasteiger partial charge in [0.1, 0.15) is 0 Å². The molecule has 1 aromatic carbocycles. The fourth-order valence-corrected chi connectivity index (χ4v) is 3.66. The van der Waals surface area contributed by atoms with Gasteiger partial charge in [0.2, 0.25) is 0 Å². The summed E-state index contributed by atoms with van der Waals surface area (Å²) in [7, 11) is 1.80. The van der Waals surface area contributed by atoms with E-state index in [4.69, 9.17) is 0 Å². The Labute approximate surface area is 152 Å². The Balaban J connectivity index is 1.48. The summed E-state index contributed by atoms with van der Waals surface area (Å²) in [5.41, 5.74) is 4.96. The van der Waals surface area contributed by atoms with Crippen LogP contribution in [0.25, 0.3) is 10.9 Å². The molecule has 2 heterocycles. The van der Waals surface area contributed by atoms with Crippen LogP contribution in [-0.2, 0) is 12.8 Å². The highest BCUT2D eigenvalue weighted by Gasteiger charge is 2.08. The minimum absolute atomic E-state index is 0.828. The van der Waals surface area contributed by atoms with Crippen molar-refractivity contribution in [3.63, 3.8) is 0 Å². The van der Waals surface area contributed by atoms with Gasteiger partial charge in [-0.2, -0.15) is 0 Å². The van der Waals surface area contributed by atoms with Gasteiger partial charge in [-0.25, -0.2) is 4.98 Å². The topological polar surface area (TPSA) is 65.1 Å². The predicted molar refractivity (Wildman–Crippen MR) is 107 cm³/mol. The van der Waals surface area contributed by atoms with Crippen molar-refractivity contribution in [2.45, 2.75) is 26.7 Å². The molecule has 0 aliphatic carbocycles. The summed E-state index contributed by atoms with van der Waals surface area (Å²) >= 11 is 1.70. The number of aliphatic imine (C=N–C) groups is 1. The third-order valence-electron chi connectivity index (χ3n) is 4.26. The van der Waals surface area contributed by atoms with E-state index >= 15 is 0 Å². The first-order chi connectivity index (χ1) is 12.2. The molecule has 0 aliphatic heterocycles. The van der Waals surface area contributed by atoms with Crippen LogP contribution < -0.4 is 10.6 Å². The van der Waals surface area contributed by atoms with E-state index in [1.54, 1.807) is 18.4 Å². The summed E-state index contributed by atoms with van der Waals surface area (Å²) in [4.78, 5) is 12.2. The molecule has 3 aromatic rings. The van der Waals surface area contributed by atoms with E-state index in [-0.39, 0.29) is 0 Å². The molecule has 0 aliphatic rings. The van der Waals surface area contributed by atoms with Gasteiger partial charge in [0.15, 0.2) is 5.96 Å². The van der Waals surface area contributed by atoms with Crippen LogP contribution in [0.1, 0.15) is 22.0 Å². The molecule has 0 bridgehead atoms. The van der Waals surface area contributed by atoms with Crippen molar-refractivity contribution in [3.8, 4) is 0 Å². The van der Waals surface area contributed by atoms with Crippen LogP contribution in [0, 0.1) is 13.8 Å². The van der Waals surface area contributed by atoms with E-state index in [1.807, 2.05) is 6.92 Å². The third-order valence-corrected chi connectivity index (χ3v) is 5.08. The highest BCUT2D eigenvalue weighted by atomic mass is 32.1. The summed E-state index contributed by atoms with van der Waals surface area (Å²) in [6, 6.07) is 8.46. The quantitative estimate of drug-likeness (QED) is 0.470. The number of thiazole rings is 1. The Morgan fingerprint density at radius 2 is 1.92 bits per heavy atom. The van der Waals surface area contributed by atoms with Crippen molar-refractivity contribution < 1.29 is 0 Å². The fraction of sp³-hybridized carbons (Fsp3) is 0.368. The van der Waals surface area contributed by atoms with Crippen molar-refractivity contribution in [1.29, 1.82) is 0 Å². The predicted octanol–water partition coefficient (Wildman–Crippen LogP) is 3.19. The zero-order valence-electron chi connectivity index (χ0n) is 15.0. The van der Waals surface area contributed by atoms with Gasteiger partial charge in [-0.05, 0) is 31.9 Å². The first kappa shape index (κ1) is 17.5. The molecule has 2 aromatic heterocycles. The molecule has 3 rings (SSSR count). The molecule has 0 radical (unpaired) electrons. The maximum absolute atomic E-state index is 4.48. The minimum Gasteiger partial charge on any atom is -0.358 e. The molecule has 0 unspecified atom stereocenters. The van der Waals surface area contributed by atoms with E-state index in [9.17, 15) is 0 Å². The normalized spacial score (nSPS) is 11.9. The second kappa shape index (κ2) is 8.16. The SMILES string of the molecule is CN=C(NCCc1csc(C)n1)NCCc1c(C)[nH]c2ccccc12. The van der Waals surface area contributed by atoms with Crippen LogP contribution in [0.15, 0.2) is 34.6 Å². The number of rotatable bonds is 6. The van der Waals surface area contributed by atoms with Crippen LogP contribution in [0.4, 0.5) is 0 Å². The number of fused-ring (bicyclic) bond motifs is 1. The molecular weight excluding hydrogens is 330 g/mol. The van der Waals surface area contributed by atoms with E-state index in [0.29, 0.717) is 0 Å². The molecule has 0 saturated heterocycles. The highest BCUT2D eigenvalue weighted by Crippen LogP contribution is 2.21. The van der Waals surface area contributed by atoms with E-state index in [2.05, 4.69) is 62.2 Å². The molecule has 25 heavy (non-hydrogen) atoms. The Hall–Kier alpha value is -2.34. The summed E-state index contributed by atoms with van der Waals surface area (Å²) in [5.74, 6) is 0.837. The number of aromatic nitrogens is 2. The number of hydrogen-bond acceptors (Lipinski definition) is 3. The van der Waals surface area contributed by atoms with Gasteiger partial charge in [-0.3, -0.25) is 4.99 Å². The zero-order chi connectivity index (χ0) is 17.6. The first-order valence-electron chi connectivity index (χ1n) is 8.59. The van der Waals surface area contributed by atoms with Crippen LogP contribution in [0.2, 0.25) is 0 Å². The Morgan fingerprint density at radius 1 is 1.16 bits per heavy atom. The second-order valence-corrected chi connectivity index (χ2v) is 7.12. The van der Waals surface area contributed by atoms with Gasteiger partial charge in [-0.15, -0.1) is 11.3 Å². The van der Waals surface area contributed by atoms with Gasteiger partial charge in [0.05, 0.1) is 10.7 Å². The fourth-order valence-electron chi connectivity index (χ4n) is 3.02. The maximum atomic E-state index is 4.48. The lowest BCUT2D eigenvalue weighted by molar-refractivity contribution is 0.777. The molecule has 6 heteroatoms. The smallest absolute Gasteiger partial charge is 0.190 e. The van der Waals surface area contributed by atoms with E-state index < -0.39 is 0 Å². The molecule has 5 nitrogen and oxygen atoms in total. The number of guanidine groups is 1. The largest absolute Gasteiger partial charge is 0.358 e. The molecule has 132 valence electrons. The number of aryl methyl sites for hydroxylation is 2. The average molecular weight is 356 g/mol. The summed E-state index contributed by atoms with van der Waals surface area (Å²) in [6.45, 7) is 5.85. The van der Waals surface area contributed by atoms with Crippen molar-refractivity contribution in [1.82, 2.24) is 20.6 Å². The van der Waals surface area contributed by atoms with Crippen molar-refractivity contribution >= 4 is 28.2 Å². The summed E-state index contributed by atoms with van der Waals surface area (Å²) in [5, 5.41) is 11.3. The molecule has 0 amide bonds. The van der Waals surface area contributed by atoms with Crippen LogP contribution in [-0.4, -0.2) is 36.1 Å². The first-order valence-corrected chi connectivity index (χ1v) is 9.47. The van der Waals surface area contributed by atoms with Crippen LogP contribution in [0.3, 0.4) is 0 Å². The standard InChI is InChI=1S/C19H25N5S/c1-13-16(17-6-4-5-7-18(17)23-13)9-11-22-19(20-3)21-10-8-15-12-25-14(2)24-15/h4-7,12,23H,8-11H2,1-3H3,(H2,20,21,22). The molecule has 0 fully saturated rings. The Morgan fingerprint density at radius 3 is 2.64 bits per heavy atom. The Bertz CT molecular complexity index is 862. The molecule has 0 saturated carbocycles. The number of nitrogens with one attached hydrogen (secondary N) is 3. The van der Waals surface area contributed by atoms with Crippen molar-refractivity contribution in [2.24, 2.45) is 4.99 Å². The van der Waals surface area contributed by atoms with Crippen LogP contribution in [0.5, 0.6) is 0 Å². The van der Waals surface area contributed by atoms with Gasteiger partial charge in [0, 0.05) is 48.5 Å². The third kappa shape index (κ3) is 4.39. The van der Waals surface area contributed by atoms with Gasteiger partial charge in [-0.1, -0.05) is 18.2 Å². The Kier molecular flexibility index (Phi) is 5.71. The minimum atomic E-state index is 0.828. The lowest BCUT2D eigenvalue weighted by atomic mass is 10.1. The number of H-pyrrole nitrogens is 1. The van der Waals surface area contributed by atoms with Gasteiger partial charge >= 0.3 is 0 Å². The monoisotopic (exact) mass is 355 g/mol. The maximum Gasteiger partial charge on any atom is 0.190 e. The van der Waals surface area contributed by atoms with Crippen molar-refractivity contribution in [2.75, 3.05) is 20.1 Å². The number of aromatic amines is 1. The second-order valence-electron chi connectivity index (χ2n) is 6.06. The lowest BCUT2D eigenvalue weighted by Crippen LogP contribution is -2.39. The van der Waals surface area contributed by atoms with Gasteiger partial charge < -0.3 is 15.6 Å². The number of nitrogens with zero attached hydrogens (tertiary/aromatic N) is 2. The molecule has 0 atom stereocenters. The summed E-state index contributed by atoms with van der Waals surface area (Å²) < 4.78 is 0. The summed E-state index contributed by atoms with van der Waals surface area (Å²) in [6.07, 6.45) is 1.87. The zero-order valence-corrected chi connectivity index (χ0v) is 15.8. The molecule has 3 N–H and O–H groups in total. The molecular formula is C19H25N5S. The number of benzene rings is 1. The average Bonchev–Trinajstić information content (AvgIpc) is 3.16. The number of hydrogen-bond donors (Lipinski definition) is 3. The van der Waals surface area contributed by atoms with E-state index in [0.717, 1.165) is 42.6 Å².